The van der Waals surface area contributed by atoms with Gasteiger partial charge in [0.25, 0.3) is 0 Å². The van der Waals surface area contributed by atoms with Crippen molar-refractivity contribution >= 4 is 17.4 Å². The molecule has 0 bridgehead atoms. The van der Waals surface area contributed by atoms with E-state index in [1.165, 1.54) is 6.33 Å². The maximum Gasteiger partial charge on any atom is 0.151 e. The van der Waals surface area contributed by atoms with Gasteiger partial charge in [0, 0.05) is 13.1 Å². The van der Waals surface area contributed by atoms with Crippen molar-refractivity contribution in [3.63, 3.8) is 0 Å². The molecule has 2 aliphatic rings. The highest BCUT2D eigenvalue weighted by Crippen LogP contribution is 2.42. The predicted octanol–water partition coefficient (Wildman–Crippen LogP) is 1.48. The third kappa shape index (κ3) is 2.68. The average molecular weight is 335 g/mol. The smallest absolute Gasteiger partial charge is 0.151 e. The lowest BCUT2D eigenvalue weighted by Crippen LogP contribution is -2.36. The average Bonchev–Trinajstić information content (AvgIpc) is 3.17. The van der Waals surface area contributed by atoms with Crippen LogP contribution in [-0.4, -0.2) is 49.0 Å². The second-order valence-electron chi connectivity index (χ2n) is 6.50. The molecule has 1 saturated heterocycles. The van der Waals surface area contributed by atoms with Gasteiger partial charge in [-0.25, -0.2) is 19.6 Å². The maximum atomic E-state index is 10.5. The molecular weight excluding hydrogens is 316 g/mol. The summed E-state index contributed by atoms with van der Waals surface area (Å²) in [4.78, 5) is 14.8. The van der Waals surface area contributed by atoms with Crippen LogP contribution in [0.3, 0.4) is 0 Å². The van der Waals surface area contributed by atoms with Gasteiger partial charge in [-0.05, 0) is 31.6 Å². The highest BCUT2D eigenvalue weighted by atomic mass is 35.5. The summed E-state index contributed by atoms with van der Waals surface area (Å²) in [5, 5.41) is 15.3. The van der Waals surface area contributed by atoms with E-state index in [0.29, 0.717) is 16.9 Å². The van der Waals surface area contributed by atoms with Gasteiger partial charge >= 0.3 is 0 Å². The molecule has 1 N–H and O–H groups in total. The minimum Gasteiger partial charge on any atom is -0.391 e. The second kappa shape index (κ2) is 5.72. The topological polar surface area (TPSA) is 80.0 Å². The molecule has 0 aromatic carbocycles. The largest absolute Gasteiger partial charge is 0.391 e. The molecule has 1 aliphatic carbocycles. The Hall–Kier alpha value is -1.73. The molecule has 0 spiro atoms. The van der Waals surface area contributed by atoms with Crippen LogP contribution in [0.2, 0.25) is 5.02 Å². The number of halogens is 1. The fraction of sp³-hybridized carbons (Fsp3) is 0.600. The van der Waals surface area contributed by atoms with E-state index in [1.807, 2.05) is 6.92 Å². The molecule has 1 saturated carbocycles. The summed E-state index contributed by atoms with van der Waals surface area (Å²) in [6.07, 6.45) is 6.14. The van der Waals surface area contributed by atoms with Crippen molar-refractivity contribution in [2.45, 2.75) is 31.9 Å². The van der Waals surface area contributed by atoms with Gasteiger partial charge in [-0.2, -0.15) is 5.10 Å². The number of hydrogen-bond donors (Lipinski definition) is 1. The molecule has 4 rings (SSSR count). The van der Waals surface area contributed by atoms with E-state index in [0.717, 1.165) is 37.6 Å². The molecule has 1 aliphatic heterocycles. The van der Waals surface area contributed by atoms with E-state index in [-0.39, 0.29) is 12.1 Å². The van der Waals surface area contributed by atoms with Crippen LogP contribution in [-0.2, 0) is 0 Å². The van der Waals surface area contributed by atoms with Gasteiger partial charge in [-0.3, -0.25) is 0 Å². The number of aliphatic hydroxyl groups is 1. The highest BCUT2D eigenvalue weighted by Gasteiger charge is 2.43. The molecule has 2 fully saturated rings. The van der Waals surface area contributed by atoms with Crippen LogP contribution in [0.1, 0.15) is 24.7 Å². The first kappa shape index (κ1) is 14.8. The summed E-state index contributed by atoms with van der Waals surface area (Å²) in [5.41, 5.74) is 0. The summed E-state index contributed by atoms with van der Waals surface area (Å²) < 4.78 is 1.78. The number of anilines is 1. The minimum atomic E-state index is -0.388. The monoisotopic (exact) mass is 334 g/mol. The standard InChI is InChI=1S/C15H19ClN6O/c1-9-18-4-12(16)15(20-9)21-5-10-2-13(22-8-17-7-19-22)14(23)3-11(10)6-21/h4,7-8,10-11,13-14,23H,2-3,5-6H2,1H3/t10-,11+,13-,14-/m1/s1. The molecule has 0 radical (unpaired) electrons. The number of nitrogens with zero attached hydrogens (tertiary/aromatic N) is 6. The Morgan fingerprint density at radius 2 is 2.04 bits per heavy atom. The molecular formula is C15H19ClN6O. The van der Waals surface area contributed by atoms with Gasteiger partial charge in [0.05, 0.1) is 18.3 Å². The van der Waals surface area contributed by atoms with E-state index in [2.05, 4.69) is 25.0 Å². The molecule has 2 aromatic heterocycles. The Morgan fingerprint density at radius 1 is 1.26 bits per heavy atom. The number of aryl methyl sites for hydroxylation is 1. The van der Waals surface area contributed by atoms with Crippen LogP contribution in [0, 0.1) is 18.8 Å². The SMILES string of the molecule is Cc1ncc(Cl)c(N2C[C@H]3C[C@@H](n4cncn4)[C@H](O)C[C@H]3C2)n1. The lowest BCUT2D eigenvalue weighted by molar-refractivity contribution is 0.0305. The Morgan fingerprint density at radius 3 is 2.78 bits per heavy atom. The minimum absolute atomic E-state index is 0.00121. The number of fused-ring (bicyclic) bond motifs is 1. The summed E-state index contributed by atoms with van der Waals surface area (Å²) in [6, 6.07) is 0.00121. The maximum absolute atomic E-state index is 10.5. The molecule has 0 unspecified atom stereocenters. The van der Waals surface area contributed by atoms with Crippen molar-refractivity contribution < 1.29 is 5.11 Å². The van der Waals surface area contributed by atoms with E-state index >= 15 is 0 Å². The fourth-order valence-electron chi connectivity index (χ4n) is 3.92. The van der Waals surface area contributed by atoms with Crippen LogP contribution in [0.15, 0.2) is 18.9 Å². The number of aromatic nitrogens is 5. The van der Waals surface area contributed by atoms with Crippen molar-refractivity contribution in [2.24, 2.45) is 11.8 Å². The van der Waals surface area contributed by atoms with Gasteiger partial charge in [0.15, 0.2) is 5.82 Å². The Labute approximate surface area is 139 Å². The first-order chi connectivity index (χ1) is 11.1. The van der Waals surface area contributed by atoms with Gasteiger partial charge in [-0.15, -0.1) is 0 Å². The predicted molar refractivity (Wildman–Crippen MR) is 85.3 cm³/mol. The zero-order valence-electron chi connectivity index (χ0n) is 12.9. The first-order valence-electron chi connectivity index (χ1n) is 7.88. The first-order valence-corrected chi connectivity index (χ1v) is 8.26. The summed E-state index contributed by atoms with van der Waals surface area (Å²) in [6.45, 7) is 3.65. The van der Waals surface area contributed by atoms with Crippen molar-refractivity contribution in [3.8, 4) is 0 Å². The number of hydrogen-bond acceptors (Lipinski definition) is 6. The molecule has 2 aromatic rings. The molecule has 122 valence electrons. The van der Waals surface area contributed by atoms with E-state index in [1.54, 1.807) is 17.2 Å². The Bertz CT molecular complexity index is 693. The molecule has 8 heteroatoms. The van der Waals surface area contributed by atoms with E-state index in [4.69, 9.17) is 11.6 Å². The van der Waals surface area contributed by atoms with Crippen molar-refractivity contribution in [1.82, 2.24) is 24.7 Å². The number of aliphatic hydroxyl groups excluding tert-OH is 1. The summed E-state index contributed by atoms with van der Waals surface area (Å²) in [5.74, 6) is 2.48. The lowest BCUT2D eigenvalue weighted by atomic mass is 9.77. The Kier molecular flexibility index (Phi) is 3.69. The van der Waals surface area contributed by atoms with Gasteiger partial charge in [0.1, 0.15) is 23.5 Å². The molecule has 7 nitrogen and oxygen atoms in total. The normalized spacial score (nSPS) is 30.5. The molecule has 23 heavy (non-hydrogen) atoms. The summed E-state index contributed by atoms with van der Waals surface area (Å²) >= 11 is 6.27. The summed E-state index contributed by atoms with van der Waals surface area (Å²) in [7, 11) is 0. The van der Waals surface area contributed by atoms with Crippen molar-refractivity contribution in [3.05, 3.63) is 29.7 Å². The zero-order valence-corrected chi connectivity index (χ0v) is 13.6. The quantitative estimate of drug-likeness (QED) is 0.896. The second-order valence-corrected chi connectivity index (χ2v) is 6.90. The zero-order chi connectivity index (χ0) is 16.0. The van der Waals surface area contributed by atoms with Gasteiger partial charge in [0.2, 0.25) is 0 Å². The van der Waals surface area contributed by atoms with Gasteiger partial charge in [-0.1, -0.05) is 11.6 Å². The van der Waals surface area contributed by atoms with E-state index < -0.39 is 0 Å². The van der Waals surface area contributed by atoms with Crippen molar-refractivity contribution in [1.29, 1.82) is 0 Å². The van der Waals surface area contributed by atoms with Crippen LogP contribution in [0.4, 0.5) is 5.82 Å². The lowest BCUT2D eigenvalue weighted by Gasteiger charge is -2.34. The van der Waals surface area contributed by atoms with Crippen LogP contribution < -0.4 is 4.90 Å². The van der Waals surface area contributed by atoms with Crippen LogP contribution in [0.25, 0.3) is 0 Å². The highest BCUT2D eigenvalue weighted by molar-refractivity contribution is 6.32. The van der Waals surface area contributed by atoms with Gasteiger partial charge < -0.3 is 10.0 Å². The molecule has 3 heterocycles. The third-order valence-electron chi connectivity index (χ3n) is 5.03. The van der Waals surface area contributed by atoms with E-state index in [9.17, 15) is 5.11 Å². The molecule has 0 amide bonds. The van der Waals surface area contributed by atoms with Crippen LogP contribution >= 0.6 is 11.6 Å². The Balaban J connectivity index is 1.54. The third-order valence-corrected chi connectivity index (χ3v) is 5.30. The van der Waals surface area contributed by atoms with Crippen molar-refractivity contribution in [2.75, 3.05) is 18.0 Å². The fourth-order valence-corrected chi connectivity index (χ4v) is 4.13. The number of rotatable bonds is 2. The molecule has 4 atom stereocenters. The van der Waals surface area contributed by atoms with Crippen LogP contribution in [0.5, 0.6) is 0 Å².